The molecule has 21 heavy (non-hydrogen) atoms. The Bertz CT molecular complexity index is 386. The Hall–Kier alpha value is -0.420. The number of rotatable bonds is 8. The van der Waals surface area contributed by atoms with Crippen LogP contribution in [0.1, 0.15) is 38.5 Å². The maximum absolute atomic E-state index is 5.83. The molecule has 0 aliphatic carbocycles. The predicted octanol–water partition coefficient (Wildman–Crippen LogP) is 3.36. The van der Waals surface area contributed by atoms with Gasteiger partial charge in [0.25, 0.3) is 0 Å². The number of nitrogens with zero attached hydrogens (tertiary/aromatic N) is 1. The van der Waals surface area contributed by atoms with Gasteiger partial charge in [-0.2, -0.15) is 0 Å². The summed E-state index contributed by atoms with van der Waals surface area (Å²) in [5, 5.41) is 5.73. The molecule has 1 atom stereocenters. The number of ether oxygens (including phenoxy) is 1. The third kappa shape index (κ3) is 5.06. The molecule has 0 radical (unpaired) electrons. The molecule has 1 aromatic rings. The van der Waals surface area contributed by atoms with Crippen molar-refractivity contribution in [2.75, 3.05) is 32.8 Å². The van der Waals surface area contributed by atoms with E-state index in [1.165, 1.54) is 17.7 Å². The van der Waals surface area contributed by atoms with E-state index in [9.17, 15) is 0 Å². The van der Waals surface area contributed by atoms with Gasteiger partial charge in [-0.15, -0.1) is 11.3 Å². The Kier molecular flexibility index (Phi) is 6.68. The zero-order valence-electron chi connectivity index (χ0n) is 13.7. The van der Waals surface area contributed by atoms with Crippen LogP contribution < -0.4 is 5.32 Å². The first-order valence-corrected chi connectivity index (χ1v) is 9.08. The molecule has 0 spiro atoms. The molecular formula is C17H30N2OS. The summed E-state index contributed by atoms with van der Waals surface area (Å²) in [6, 6.07) is 4.96. The van der Waals surface area contributed by atoms with Crippen molar-refractivity contribution in [3.05, 3.63) is 22.4 Å². The highest BCUT2D eigenvalue weighted by Gasteiger charge is 2.35. The van der Waals surface area contributed by atoms with Crippen molar-refractivity contribution in [1.82, 2.24) is 10.2 Å². The van der Waals surface area contributed by atoms with E-state index in [1.807, 2.05) is 11.3 Å². The number of nitrogens with one attached hydrogen (secondary N) is 1. The Morgan fingerprint density at radius 2 is 2.33 bits per heavy atom. The maximum atomic E-state index is 5.83. The molecule has 1 unspecified atom stereocenters. The summed E-state index contributed by atoms with van der Waals surface area (Å²) >= 11 is 1.86. The van der Waals surface area contributed by atoms with Crippen LogP contribution in [0.2, 0.25) is 0 Å². The fraction of sp³-hybridized carbons (Fsp3) is 0.765. The van der Waals surface area contributed by atoms with Crippen molar-refractivity contribution in [3.8, 4) is 0 Å². The normalized spacial score (nSPS) is 23.1. The molecule has 1 saturated heterocycles. The van der Waals surface area contributed by atoms with Crippen LogP contribution in [-0.4, -0.2) is 43.8 Å². The van der Waals surface area contributed by atoms with E-state index in [4.69, 9.17) is 4.74 Å². The Morgan fingerprint density at radius 1 is 1.48 bits per heavy atom. The van der Waals surface area contributed by atoms with Gasteiger partial charge >= 0.3 is 0 Å². The zero-order chi connectivity index (χ0) is 15.1. The van der Waals surface area contributed by atoms with E-state index < -0.39 is 0 Å². The molecule has 2 rings (SSSR count). The molecule has 2 heterocycles. The lowest BCUT2D eigenvalue weighted by molar-refractivity contribution is -0.0320. The third-order valence-corrected chi connectivity index (χ3v) is 5.22. The van der Waals surface area contributed by atoms with Crippen molar-refractivity contribution in [1.29, 1.82) is 0 Å². The number of thiophene rings is 1. The summed E-state index contributed by atoms with van der Waals surface area (Å²) in [7, 11) is 0. The topological polar surface area (TPSA) is 24.5 Å². The van der Waals surface area contributed by atoms with Gasteiger partial charge in [0.2, 0.25) is 0 Å². The van der Waals surface area contributed by atoms with Crippen LogP contribution in [-0.2, 0) is 11.3 Å². The van der Waals surface area contributed by atoms with Crippen LogP contribution in [0.25, 0.3) is 0 Å². The van der Waals surface area contributed by atoms with E-state index in [0.29, 0.717) is 6.04 Å². The zero-order valence-corrected chi connectivity index (χ0v) is 14.5. The molecule has 0 amide bonds. The highest BCUT2D eigenvalue weighted by Crippen LogP contribution is 2.30. The minimum atomic E-state index is 0.274. The fourth-order valence-electron chi connectivity index (χ4n) is 3.07. The van der Waals surface area contributed by atoms with Gasteiger partial charge in [-0.3, -0.25) is 4.90 Å². The smallest absolute Gasteiger partial charge is 0.0546 e. The SMILES string of the molecule is CCNCC1(CN(Cc2cccs2)C(C)C)CCCOC1. The van der Waals surface area contributed by atoms with Gasteiger partial charge in [-0.05, 0) is 44.7 Å². The first-order valence-electron chi connectivity index (χ1n) is 8.20. The Morgan fingerprint density at radius 3 is 2.90 bits per heavy atom. The number of hydrogen-bond donors (Lipinski definition) is 1. The average molecular weight is 311 g/mol. The van der Waals surface area contributed by atoms with Crippen molar-refractivity contribution < 1.29 is 4.74 Å². The Balaban J connectivity index is 2.03. The second kappa shape index (κ2) is 8.28. The lowest BCUT2D eigenvalue weighted by Crippen LogP contribution is -2.50. The van der Waals surface area contributed by atoms with Crippen molar-refractivity contribution >= 4 is 11.3 Å². The van der Waals surface area contributed by atoms with Gasteiger partial charge in [-0.25, -0.2) is 0 Å². The molecular weight excluding hydrogens is 280 g/mol. The summed E-state index contributed by atoms with van der Waals surface area (Å²) in [5.41, 5.74) is 0.274. The van der Waals surface area contributed by atoms with E-state index >= 15 is 0 Å². The Labute approximate surface area is 133 Å². The van der Waals surface area contributed by atoms with Gasteiger partial charge < -0.3 is 10.1 Å². The molecule has 0 saturated carbocycles. The maximum Gasteiger partial charge on any atom is 0.0546 e. The second-order valence-electron chi connectivity index (χ2n) is 6.51. The van der Waals surface area contributed by atoms with Crippen molar-refractivity contribution in [2.24, 2.45) is 5.41 Å². The largest absolute Gasteiger partial charge is 0.381 e. The highest BCUT2D eigenvalue weighted by molar-refractivity contribution is 7.09. The van der Waals surface area contributed by atoms with Crippen LogP contribution in [0, 0.1) is 5.41 Å². The van der Waals surface area contributed by atoms with E-state index in [-0.39, 0.29) is 5.41 Å². The molecule has 1 aliphatic rings. The molecule has 3 nitrogen and oxygen atoms in total. The number of hydrogen-bond acceptors (Lipinski definition) is 4. The standard InChI is InChI=1S/C17H30N2OS/c1-4-18-12-17(8-6-9-20-14-17)13-19(15(2)3)11-16-7-5-10-21-16/h5,7,10,15,18H,4,6,8-9,11-14H2,1-3H3. The minimum absolute atomic E-state index is 0.274. The molecule has 1 fully saturated rings. The summed E-state index contributed by atoms with van der Waals surface area (Å²) in [6.07, 6.45) is 2.46. The van der Waals surface area contributed by atoms with Crippen LogP contribution in [0.3, 0.4) is 0 Å². The molecule has 1 N–H and O–H groups in total. The van der Waals surface area contributed by atoms with E-state index in [0.717, 1.165) is 39.4 Å². The molecule has 0 bridgehead atoms. The molecule has 120 valence electrons. The van der Waals surface area contributed by atoms with Crippen LogP contribution >= 0.6 is 11.3 Å². The molecule has 1 aromatic heterocycles. The first kappa shape index (κ1) is 16.9. The molecule has 1 aliphatic heterocycles. The second-order valence-corrected chi connectivity index (χ2v) is 7.55. The first-order chi connectivity index (χ1) is 10.2. The van der Waals surface area contributed by atoms with Gasteiger partial charge in [-0.1, -0.05) is 13.0 Å². The van der Waals surface area contributed by atoms with Gasteiger partial charge in [0, 0.05) is 42.6 Å². The van der Waals surface area contributed by atoms with Crippen molar-refractivity contribution in [3.63, 3.8) is 0 Å². The van der Waals surface area contributed by atoms with Gasteiger partial charge in [0.1, 0.15) is 0 Å². The van der Waals surface area contributed by atoms with E-state index in [1.54, 1.807) is 0 Å². The van der Waals surface area contributed by atoms with Crippen LogP contribution in [0.4, 0.5) is 0 Å². The van der Waals surface area contributed by atoms with E-state index in [2.05, 4.69) is 48.5 Å². The average Bonchev–Trinajstić information content (AvgIpc) is 2.98. The fourth-order valence-corrected chi connectivity index (χ4v) is 3.80. The van der Waals surface area contributed by atoms with Crippen LogP contribution in [0.5, 0.6) is 0 Å². The monoisotopic (exact) mass is 310 g/mol. The lowest BCUT2D eigenvalue weighted by atomic mass is 9.81. The molecule has 0 aromatic carbocycles. The predicted molar refractivity (Wildman–Crippen MR) is 90.9 cm³/mol. The van der Waals surface area contributed by atoms with Gasteiger partial charge in [0.15, 0.2) is 0 Å². The van der Waals surface area contributed by atoms with Crippen molar-refractivity contribution in [2.45, 2.75) is 46.2 Å². The third-order valence-electron chi connectivity index (χ3n) is 4.36. The summed E-state index contributed by atoms with van der Waals surface area (Å²) in [6.45, 7) is 12.9. The van der Waals surface area contributed by atoms with Crippen LogP contribution in [0.15, 0.2) is 17.5 Å². The quantitative estimate of drug-likeness (QED) is 0.797. The molecule has 4 heteroatoms. The lowest BCUT2D eigenvalue weighted by Gasteiger charge is -2.42. The summed E-state index contributed by atoms with van der Waals surface area (Å²) < 4.78 is 5.83. The summed E-state index contributed by atoms with van der Waals surface area (Å²) in [4.78, 5) is 4.07. The van der Waals surface area contributed by atoms with Gasteiger partial charge in [0.05, 0.1) is 6.61 Å². The highest BCUT2D eigenvalue weighted by atomic mass is 32.1. The summed E-state index contributed by atoms with van der Waals surface area (Å²) in [5.74, 6) is 0. The minimum Gasteiger partial charge on any atom is -0.381 e.